The van der Waals surface area contributed by atoms with Gasteiger partial charge in [0.2, 0.25) is 0 Å². The number of carboxylic acids is 1. The molecule has 0 aliphatic rings. The molecule has 0 aliphatic heterocycles. The molecule has 0 amide bonds. The van der Waals surface area contributed by atoms with Gasteiger partial charge in [-0.1, -0.05) is 28.1 Å². The molecule has 1 aromatic heterocycles. The minimum atomic E-state index is -0.818. The maximum Gasteiger partial charge on any atom is 0.311 e. The van der Waals surface area contributed by atoms with Crippen molar-refractivity contribution in [2.75, 3.05) is 0 Å². The van der Waals surface area contributed by atoms with E-state index in [1.165, 1.54) is 0 Å². The number of carboxylic acid groups (broad SMARTS) is 1. The third kappa shape index (κ3) is 3.23. The second-order valence-electron chi connectivity index (χ2n) is 4.55. The molecule has 0 spiro atoms. The van der Waals surface area contributed by atoms with Gasteiger partial charge in [0.15, 0.2) is 0 Å². The molecule has 4 nitrogen and oxygen atoms in total. The Morgan fingerprint density at radius 1 is 1.42 bits per heavy atom. The molecular weight excluding hydrogens is 308 g/mol. The van der Waals surface area contributed by atoms with Gasteiger partial charge in [0.1, 0.15) is 0 Å². The van der Waals surface area contributed by atoms with Crippen molar-refractivity contribution in [3.8, 4) is 0 Å². The van der Waals surface area contributed by atoms with Crippen molar-refractivity contribution in [1.29, 1.82) is 0 Å². The highest BCUT2D eigenvalue weighted by molar-refractivity contribution is 9.10. The second-order valence-corrected chi connectivity index (χ2v) is 5.46. The van der Waals surface area contributed by atoms with Crippen LogP contribution in [0, 0.1) is 6.92 Å². The Bertz CT molecular complexity index is 590. The van der Waals surface area contributed by atoms with Gasteiger partial charge < -0.3 is 5.11 Å². The van der Waals surface area contributed by atoms with Crippen LogP contribution in [0.4, 0.5) is 0 Å². The van der Waals surface area contributed by atoms with E-state index in [-0.39, 0.29) is 0 Å². The SMILES string of the molecule is Cc1cc(CC(C(=O)O)c2ccc(Br)cc2)n(C)n1. The van der Waals surface area contributed by atoms with Crippen LogP contribution in [-0.2, 0) is 18.3 Å². The Kier molecular flexibility index (Phi) is 4.04. The molecule has 0 bridgehead atoms. The average Bonchev–Trinajstić information content (AvgIpc) is 2.66. The van der Waals surface area contributed by atoms with E-state index in [2.05, 4.69) is 21.0 Å². The van der Waals surface area contributed by atoms with Gasteiger partial charge in [-0.15, -0.1) is 0 Å². The van der Waals surface area contributed by atoms with E-state index in [0.717, 1.165) is 21.4 Å². The number of aryl methyl sites for hydroxylation is 2. The van der Waals surface area contributed by atoms with Gasteiger partial charge >= 0.3 is 5.97 Å². The summed E-state index contributed by atoms with van der Waals surface area (Å²) in [4.78, 5) is 11.5. The van der Waals surface area contributed by atoms with E-state index < -0.39 is 11.9 Å². The topological polar surface area (TPSA) is 55.1 Å². The van der Waals surface area contributed by atoms with Gasteiger partial charge in [-0.05, 0) is 30.7 Å². The van der Waals surface area contributed by atoms with Crippen LogP contribution in [0.3, 0.4) is 0 Å². The lowest BCUT2D eigenvalue weighted by molar-refractivity contribution is -0.138. The summed E-state index contributed by atoms with van der Waals surface area (Å²) in [5.74, 6) is -1.37. The minimum absolute atomic E-state index is 0.439. The van der Waals surface area contributed by atoms with E-state index >= 15 is 0 Å². The first-order chi connectivity index (χ1) is 8.97. The van der Waals surface area contributed by atoms with Gasteiger partial charge in [0.25, 0.3) is 0 Å². The molecule has 0 saturated heterocycles. The van der Waals surface area contributed by atoms with Crippen LogP contribution < -0.4 is 0 Å². The van der Waals surface area contributed by atoms with Gasteiger partial charge in [-0.3, -0.25) is 9.48 Å². The van der Waals surface area contributed by atoms with Crippen molar-refractivity contribution in [2.45, 2.75) is 19.3 Å². The molecule has 1 N–H and O–H groups in total. The summed E-state index contributed by atoms with van der Waals surface area (Å²) in [5, 5.41) is 13.7. The lowest BCUT2D eigenvalue weighted by atomic mass is 9.94. The van der Waals surface area contributed by atoms with Crippen LogP contribution in [0.15, 0.2) is 34.8 Å². The van der Waals surface area contributed by atoms with Gasteiger partial charge in [-0.2, -0.15) is 5.10 Å². The summed E-state index contributed by atoms with van der Waals surface area (Å²) in [5.41, 5.74) is 2.62. The molecule has 100 valence electrons. The van der Waals surface area contributed by atoms with Gasteiger partial charge in [0.05, 0.1) is 11.6 Å². The van der Waals surface area contributed by atoms with Crippen LogP contribution in [0.5, 0.6) is 0 Å². The van der Waals surface area contributed by atoms with Crippen molar-refractivity contribution >= 4 is 21.9 Å². The quantitative estimate of drug-likeness (QED) is 0.941. The highest BCUT2D eigenvalue weighted by Crippen LogP contribution is 2.23. The van der Waals surface area contributed by atoms with Crippen LogP contribution in [0.2, 0.25) is 0 Å². The molecule has 1 aromatic carbocycles. The molecule has 0 fully saturated rings. The summed E-state index contributed by atoms with van der Waals surface area (Å²) >= 11 is 3.35. The molecule has 0 saturated carbocycles. The maximum atomic E-state index is 11.5. The molecule has 1 heterocycles. The summed E-state index contributed by atoms with van der Waals surface area (Å²) < 4.78 is 2.68. The summed E-state index contributed by atoms with van der Waals surface area (Å²) in [6.45, 7) is 1.90. The third-order valence-electron chi connectivity index (χ3n) is 3.08. The molecule has 19 heavy (non-hydrogen) atoms. The van der Waals surface area contributed by atoms with Crippen molar-refractivity contribution in [1.82, 2.24) is 9.78 Å². The molecule has 0 aliphatic carbocycles. The summed E-state index contributed by atoms with van der Waals surface area (Å²) in [6.07, 6.45) is 0.439. The first kappa shape index (κ1) is 13.8. The highest BCUT2D eigenvalue weighted by atomic mass is 79.9. The molecule has 1 unspecified atom stereocenters. The molecular formula is C14H15BrN2O2. The monoisotopic (exact) mass is 322 g/mol. The van der Waals surface area contributed by atoms with Crippen LogP contribution in [-0.4, -0.2) is 20.9 Å². The third-order valence-corrected chi connectivity index (χ3v) is 3.61. The molecule has 2 rings (SSSR count). The Labute approximate surface area is 120 Å². The van der Waals surface area contributed by atoms with Crippen LogP contribution >= 0.6 is 15.9 Å². The summed E-state index contributed by atoms with van der Waals surface area (Å²) in [7, 11) is 1.84. The zero-order valence-corrected chi connectivity index (χ0v) is 12.4. The number of hydrogen-bond acceptors (Lipinski definition) is 2. The Morgan fingerprint density at radius 3 is 2.53 bits per heavy atom. The first-order valence-electron chi connectivity index (χ1n) is 5.95. The number of hydrogen-bond donors (Lipinski definition) is 1. The van der Waals surface area contributed by atoms with Crippen molar-refractivity contribution in [3.05, 3.63) is 51.8 Å². The number of rotatable bonds is 4. The number of nitrogens with zero attached hydrogens (tertiary/aromatic N) is 2. The number of carbonyl (C=O) groups is 1. The fourth-order valence-electron chi connectivity index (χ4n) is 2.11. The number of halogens is 1. The van der Waals surface area contributed by atoms with Gasteiger partial charge in [-0.25, -0.2) is 0 Å². The van der Waals surface area contributed by atoms with Crippen molar-refractivity contribution in [2.24, 2.45) is 7.05 Å². The standard InChI is InChI=1S/C14H15BrN2O2/c1-9-7-12(17(2)16-9)8-13(14(18)19)10-3-5-11(15)6-4-10/h3-7,13H,8H2,1-2H3,(H,18,19). The highest BCUT2D eigenvalue weighted by Gasteiger charge is 2.21. The van der Waals surface area contributed by atoms with Crippen molar-refractivity contribution in [3.63, 3.8) is 0 Å². The molecule has 2 aromatic rings. The largest absolute Gasteiger partial charge is 0.481 e. The average molecular weight is 323 g/mol. The van der Waals surface area contributed by atoms with Crippen molar-refractivity contribution < 1.29 is 9.90 Å². The Morgan fingerprint density at radius 2 is 2.05 bits per heavy atom. The molecule has 1 atom stereocenters. The Balaban J connectivity index is 2.29. The van der Waals surface area contributed by atoms with Gasteiger partial charge in [0, 0.05) is 23.6 Å². The maximum absolute atomic E-state index is 11.5. The fraction of sp³-hybridized carbons (Fsp3) is 0.286. The number of benzene rings is 1. The van der Waals surface area contributed by atoms with E-state index in [0.29, 0.717) is 6.42 Å². The number of aliphatic carboxylic acids is 1. The lowest BCUT2D eigenvalue weighted by Gasteiger charge is -2.13. The lowest BCUT2D eigenvalue weighted by Crippen LogP contribution is -2.16. The van der Waals surface area contributed by atoms with E-state index in [9.17, 15) is 9.90 Å². The molecule has 5 heteroatoms. The minimum Gasteiger partial charge on any atom is -0.481 e. The number of aromatic nitrogens is 2. The zero-order chi connectivity index (χ0) is 14.0. The predicted molar refractivity (Wildman–Crippen MR) is 76.2 cm³/mol. The normalized spacial score (nSPS) is 12.4. The zero-order valence-electron chi connectivity index (χ0n) is 10.8. The predicted octanol–water partition coefficient (Wildman–Crippen LogP) is 2.90. The Hall–Kier alpha value is -1.62. The summed E-state index contributed by atoms with van der Waals surface area (Å²) in [6, 6.07) is 9.33. The second kappa shape index (κ2) is 5.57. The molecule has 0 radical (unpaired) electrons. The smallest absolute Gasteiger partial charge is 0.311 e. The van der Waals surface area contributed by atoms with E-state index in [1.54, 1.807) is 4.68 Å². The first-order valence-corrected chi connectivity index (χ1v) is 6.74. The fourth-order valence-corrected chi connectivity index (χ4v) is 2.37. The van der Waals surface area contributed by atoms with Crippen LogP contribution in [0.1, 0.15) is 22.9 Å². The van der Waals surface area contributed by atoms with Crippen LogP contribution in [0.25, 0.3) is 0 Å². The van der Waals surface area contributed by atoms with E-state index in [4.69, 9.17) is 0 Å². The van der Waals surface area contributed by atoms with E-state index in [1.807, 2.05) is 44.3 Å².